The van der Waals surface area contributed by atoms with Gasteiger partial charge in [0.2, 0.25) is 0 Å². The summed E-state index contributed by atoms with van der Waals surface area (Å²) in [6.07, 6.45) is 2.38. The summed E-state index contributed by atoms with van der Waals surface area (Å²) in [5.41, 5.74) is 9.21. The maximum Gasteiger partial charge on any atom is 0.104 e. The zero-order chi connectivity index (χ0) is 12.9. The summed E-state index contributed by atoms with van der Waals surface area (Å²) in [5, 5.41) is 1.25. The van der Waals surface area contributed by atoms with Gasteiger partial charge in [-0.3, -0.25) is 0 Å². The number of thiazole rings is 1. The molecular weight excluding hydrogens is 252 g/mol. The lowest BCUT2D eigenvalue weighted by Crippen LogP contribution is -2.07. The van der Waals surface area contributed by atoms with E-state index in [1.165, 1.54) is 28.1 Å². The van der Waals surface area contributed by atoms with E-state index < -0.39 is 0 Å². The highest BCUT2D eigenvalue weighted by atomic mass is 32.1. The van der Waals surface area contributed by atoms with Gasteiger partial charge in [-0.15, -0.1) is 11.3 Å². The molecule has 94 valence electrons. The normalized spacial score (nSPS) is 16.6. The van der Waals surface area contributed by atoms with Crippen molar-refractivity contribution in [2.75, 3.05) is 5.73 Å². The summed E-state index contributed by atoms with van der Waals surface area (Å²) in [6.45, 7) is 0. The number of benzene rings is 2. The zero-order valence-corrected chi connectivity index (χ0v) is 11.3. The molecule has 1 aliphatic rings. The van der Waals surface area contributed by atoms with Crippen molar-refractivity contribution < 1.29 is 0 Å². The molecule has 0 radical (unpaired) electrons. The van der Waals surface area contributed by atoms with Crippen molar-refractivity contribution in [3.8, 4) is 0 Å². The summed E-state index contributed by atoms with van der Waals surface area (Å²) >= 11 is 1.82. The summed E-state index contributed by atoms with van der Waals surface area (Å²) in [5.74, 6) is 0. The Hall–Kier alpha value is -1.87. The minimum atomic E-state index is 0.150. The molecule has 3 aromatic rings. The third-order valence-corrected chi connectivity index (χ3v) is 5.16. The number of anilines is 1. The van der Waals surface area contributed by atoms with Gasteiger partial charge in [0.15, 0.2) is 0 Å². The number of fused-ring (bicyclic) bond motifs is 1. The van der Waals surface area contributed by atoms with E-state index in [2.05, 4.69) is 36.4 Å². The minimum Gasteiger partial charge on any atom is -0.399 e. The number of rotatable bonds is 2. The van der Waals surface area contributed by atoms with Crippen molar-refractivity contribution in [1.29, 1.82) is 0 Å². The lowest BCUT2D eigenvalue weighted by Gasteiger charge is -2.12. The first-order chi connectivity index (χ1) is 9.28. The molecule has 3 heteroatoms. The van der Waals surface area contributed by atoms with Gasteiger partial charge >= 0.3 is 0 Å². The van der Waals surface area contributed by atoms with Crippen LogP contribution in [0.3, 0.4) is 0 Å². The molecular formula is C16H14N2S. The van der Waals surface area contributed by atoms with Crippen LogP contribution in [0.5, 0.6) is 0 Å². The standard InChI is InChI=1S/C16H14N2S/c17-12-7-5-11(6-8-12)16(9-10-16)15-18-13-3-1-2-4-14(13)19-15/h1-8H,9-10,17H2. The molecule has 0 amide bonds. The predicted molar refractivity (Wildman–Crippen MR) is 80.5 cm³/mol. The third kappa shape index (κ3) is 1.65. The van der Waals surface area contributed by atoms with Gasteiger partial charge in [-0.25, -0.2) is 4.98 Å². The lowest BCUT2D eigenvalue weighted by molar-refractivity contribution is 0.838. The van der Waals surface area contributed by atoms with Crippen LogP contribution in [0.4, 0.5) is 5.69 Å². The smallest absolute Gasteiger partial charge is 0.104 e. The van der Waals surface area contributed by atoms with Crippen LogP contribution in [0.1, 0.15) is 23.4 Å². The van der Waals surface area contributed by atoms with E-state index in [1.54, 1.807) is 0 Å². The van der Waals surface area contributed by atoms with Gasteiger partial charge in [0.1, 0.15) is 5.01 Å². The first kappa shape index (κ1) is 11.0. The Morgan fingerprint density at radius 2 is 1.74 bits per heavy atom. The van der Waals surface area contributed by atoms with Crippen LogP contribution in [-0.4, -0.2) is 4.98 Å². The van der Waals surface area contributed by atoms with Gasteiger partial charge < -0.3 is 5.73 Å². The van der Waals surface area contributed by atoms with E-state index in [-0.39, 0.29) is 5.41 Å². The van der Waals surface area contributed by atoms with Crippen LogP contribution >= 0.6 is 11.3 Å². The average Bonchev–Trinajstić information content (AvgIpc) is 3.13. The SMILES string of the molecule is Nc1ccc(C2(c3nc4ccccc4s3)CC2)cc1. The second kappa shape index (κ2) is 3.81. The molecule has 0 saturated heterocycles. The van der Waals surface area contributed by atoms with Gasteiger partial charge in [-0.2, -0.15) is 0 Å². The Morgan fingerprint density at radius 1 is 1.00 bits per heavy atom. The molecule has 1 aromatic heterocycles. The van der Waals surface area contributed by atoms with E-state index in [9.17, 15) is 0 Å². The van der Waals surface area contributed by atoms with Gasteiger partial charge in [0.25, 0.3) is 0 Å². The van der Waals surface area contributed by atoms with Crippen molar-refractivity contribution in [3.63, 3.8) is 0 Å². The second-order valence-electron chi connectivity index (χ2n) is 5.19. The molecule has 0 atom stereocenters. The van der Waals surface area contributed by atoms with Crippen molar-refractivity contribution >= 4 is 27.2 Å². The Bertz CT molecular complexity index is 706. The van der Waals surface area contributed by atoms with Crippen molar-refractivity contribution in [2.45, 2.75) is 18.3 Å². The van der Waals surface area contributed by atoms with Crippen LogP contribution in [0, 0.1) is 0 Å². The molecule has 0 spiro atoms. The fourth-order valence-corrected chi connectivity index (χ4v) is 3.86. The van der Waals surface area contributed by atoms with Crippen LogP contribution in [0.15, 0.2) is 48.5 Å². The summed E-state index contributed by atoms with van der Waals surface area (Å²) in [6, 6.07) is 16.6. The Balaban J connectivity index is 1.84. The Labute approximate surface area is 115 Å². The summed E-state index contributed by atoms with van der Waals surface area (Å²) in [7, 11) is 0. The Kier molecular flexibility index (Phi) is 2.21. The summed E-state index contributed by atoms with van der Waals surface area (Å²) < 4.78 is 1.28. The third-order valence-electron chi connectivity index (χ3n) is 3.92. The molecule has 1 saturated carbocycles. The predicted octanol–water partition coefficient (Wildman–Crippen LogP) is 3.96. The first-order valence-electron chi connectivity index (χ1n) is 6.50. The molecule has 0 aliphatic heterocycles. The molecule has 2 N–H and O–H groups in total. The number of aromatic nitrogens is 1. The zero-order valence-electron chi connectivity index (χ0n) is 10.5. The molecule has 1 fully saturated rings. The number of nitrogen functional groups attached to an aromatic ring is 1. The maximum absolute atomic E-state index is 5.78. The molecule has 1 heterocycles. The monoisotopic (exact) mass is 266 g/mol. The van der Waals surface area contributed by atoms with Crippen LogP contribution in [-0.2, 0) is 5.41 Å². The quantitative estimate of drug-likeness (QED) is 0.713. The molecule has 0 bridgehead atoms. The molecule has 2 aromatic carbocycles. The van der Waals surface area contributed by atoms with Crippen molar-refractivity contribution in [2.24, 2.45) is 0 Å². The largest absolute Gasteiger partial charge is 0.399 e. The fourth-order valence-electron chi connectivity index (χ4n) is 2.63. The van der Waals surface area contributed by atoms with Crippen LogP contribution < -0.4 is 5.73 Å². The Morgan fingerprint density at radius 3 is 2.42 bits per heavy atom. The molecule has 0 unspecified atom stereocenters. The van der Waals surface area contributed by atoms with Gasteiger partial charge in [-0.05, 0) is 42.7 Å². The van der Waals surface area contributed by atoms with Crippen LogP contribution in [0.25, 0.3) is 10.2 Å². The van der Waals surface area contributed by atoms with Crippen LogP contribution in [0.2, 0.25) is 0 Å². The number of para-hydroxylation sites is 1. The van der Waals surface area contributed by atoms with E-state index >= 15 is 0 Å². The van der Waals surface area contributed by atoms with Gasteiger partial charge in [0.05, 0.1) is 10.2 Å². The highest BCUT2D eigenvalue weighted by Gasteiger charge is 2.48. The number of hydrogen-bond donors (Lipinski definition) is 1. The summed E-state index contributed by atoms with van der Waals surface area (Å²) in [4.78, 5) is 4.83. The van der Waals surface area contributed by atoms with Gasteiger partial charge in [0, 0.05) is 11.1 Å². The topological polar surface area (TPSA) is 38.9 Å². The molecule has 1 aliphatic carbocycles. The first-order valence-corrected chi connectivity index (χ1v) is 7.32. The highest BCUT2D eigenvalue weighted by molar-refractivity contribution is 7.18. The molecule has 4 rings (SSSR count). The molecule has 19 heavy (non-hydrogen) atoms. The average molecular weight is 266 g/mol. The van der Waals surface area contributed by atoms with E-state index in [0.717, 1.165) is 11.2 Å². The molecule has 2 nitrogen and oxygen atoms in total. The highest BCUT2D eigenvalue weighted by Crippen LogP contribution is 2.55. The minimum absolute atomic E-state index is 0.150. The number of nitrogens with two attached hydrogens (primary N) is 1. The van der Waals surface area contributed by atoms with Crippen molar-refractivity contribution in [1.82, 2.24) is 4.98 Å². The maximum atomic E-state index is 5.78. The lowest BCUT2D eigenvalue weighted by atomic mass is 9.96. The van der Waals surface area contributed by atoms with Crippen molar-refractivity contribution in [3.05, 3.63) is 59.1 Å². The van der Waals surface area contributed by atoms with Gasteiger partial charge in [-0.1, -0.05) is 24.3 Å². The number of hydrogen-bond acceptors (Lipinski definition) is 3. The van der Waals surface area contributed by atoms with E-state index in [4.69, 9.17) is 10.7 Å². The second-order valence-corrected chi connectivity index (χ2v) is 6.22. The fraction of sp³-hybridized carbons (Fsp3) is 0.188. The van der Waals surface area contributed by atoms with E-state index in [0.29, 0.717) is 0 Å². The number of nitrogens with zero attached hydrogens (tertiary/aromatic N) is 1. The van der Waals surface area contributed by atoms with E-state index in [1.807, 2.05) is 23.5 Å².